The molecule has 0 atom stereocenters. The number of amides is 2. The number of carbonyl (C=O) groups excluding carboxylic acids is 2. The summed E-state index contributed by atoms with van der Waals surface area (Å²) in [5.74, 6) is 0.0605. The van der Waals surface area contributed by atoms with Crippen molar-refractivity contribution in [2.45, 2.75) is 6.54 Å². The van der Waals surface area contributed by atoms with Gasteiger partial charge in [0.1, 0.15) is 18.2 Å². The van der Waals surface area contributed by atoms with Crippen molar-refractivity contribution in [2.75, 3.05) is 46.1 Å². The minimum atomic E-state index is -0.528. The van der Waals surface area contributed by atoms with Gasteiger partial charge < -0.3 is 24.4 Å². The molecule has 9 heteroatoms. The normalized spacial score (nSPS) is 13.3. The number of ether oxygens (including phenoxy) is 3. The van der Waals surface area contributed by atoms with Gasteiger partial charge in [0.2, 0.25) is 5.91 Å². The molecule has 1 aliphatic heterocycles. The molecule has 1 fully saturated rings. The van der Waals surface area contributed by atoms with Crippen LogP contribution in [0.1, 0.15) is 5.56 Å². The Morgan fingerprint density at radius 3 is 2.83 bits per heavy atom. The zero-order valence-corrected chi connectivity index (χ0v) is 16.3. The molecule has 0 bridgehead atoms. The van der Waals surface area contributed by atoms with Crippen molar-refractivity contribution in [3.05, 3.63) is 42.2 Å². The van der Waals surface area contributed by atoms with Crippen LogP contribution >= 0.6 is 0 Å². The smallest absolute Gasteiger partial charge is 0.407 e. The highest BCUT2D eigenvalue weighted by Crippen LogP contribution is 2.20. The maximum absolute atomic E-state index is 13.3. The molecule has 0 saturated carbocycles. The predicted octanol–water partition coefficient (Wildman–Crippen LogP) is 1.79. The monoisotopic (exact) mass is 407 g/mol. The van der Waals surface area contributed by atoms with Gasteiger partial charge in [-0.2, -0.15) is 0 Å². The Hall–Kier alpha value is -2.94. The number of carbonyl (C=O) groups is 2. The molecule has 8 nitrogen and oxygen atoms in total. The Bertz CT molecular complexity index is 722. The maximum atomic E-state index is 13.3. The standard InChI is InChI=1S/C20H26FN3O5/c1-3-19(25)24-12-15(13-24)14-29-20(26)23-6-7-27-8-9-28-18-10-17(21)5-4-16(18)11-22-2/h3-5,10,15H,1-2,6-9,11-14H2,(H,23,26). The van der Waals surface area contributed by atoms with Gasteiger partial charge in [-0.15, -0.1) is 0 Å². The number of likely N-dealkylation sites (tertiary alicyclic amines) is 1. The van der Waals surface area contributed by atoms with E-state index in [-0.39, 0.29) is 44.8 Å². The van der Waals surface area contributed by atoms with E-state index >= 15 is 0 Å². The van der Waals surface area contributed by atoms with Gasteiger partial charge in [0.15, 0.2) is 0 Å². The third kappa shape index (κ3) is 7.53. The van der Waals surface area contributed by atoms with Crippen LogP contribution in [0.5, 0.6) is 5.75 Å². The number of hydrogen-bond acceptors (Lipinski definition) is 6. The third-order valence-electron chi connectivity index (χ3n) is 4.21. The highest BCUT2D eigenvalue weighted by atomic mass is 19.1. The second kappa shape index (κ2) is 11.8. The first-order chi connectivity index (χ1) is 14.0. The van der Waals surface area contributed by atoms with Crippen LogP contribution in [-0.2, 0) is 20.8 Å². The molecule has 1 heterocycles. The fraction of sp³-hybridized carbons (Fsp3) is 0.450. The molecule has 29 heavy (non-hydrogen) atoms. The van der Waals surface area contributed by atoms with Crippen molar-refractivity contribution in [1.29, 1.82) is 0 Å². The summed E-state index contributed by atoms with van der Waals surface area (Å²) in [5, 5.41) is 2.58. The van der Waals surface area contributed by atoms with Crippen LogP contribution in [0.15, 0.2) is 35.8 Å². The van der Waals surface area contributed by atoms with Crippen molar-refractivity contribution in [3.8, 4) is 5.75 Å². The quantitative estimate of drug-likeness (QED) is 0.324. The lowest BCUT2D eigenvalue weighted by Gasteiger charge is -2.38. The van der Waals surface area contributed by atoms with Crippen molar-refractivity contribution in [2.24, 2.45) is 10.9 Å². The van der Waals surface area contributed by atoms with Gasteiger partial charge in [-0.3, -0.25) is 9.79 Å². The molecule has 2 amide bonds. The number of hydrogen-bond donors (Lipinski definition) is 1. The van der Waals surface area contributed by atoms with E-state index in [4.69, 9.17) is 14.2 Å². The summed E-state index contributed by atoms with van der Waals surface area (Å²) in [6, 6.07) is 4.25. The molecule has 1 aromatic rings. The molecule has 158 valence electrons. The van der Waals surface area contributed by atoms with Gasteiger partial charge in [0.25, 0.3) is 0 Å². The fourth-order valence-electron chi connectivity index (χ4n) is 2.68. The molecule has 0 spiro atoms. The van der Waals surface area contributed by atoms with E-state index < -0.39 is 11.9 Å². The van der Waals surface area contributed by atoms with E-state index in [1.807, 2.05) is 0 Å². The molecule has 1 aliphatic rings. The molecule has 2 rings (SSSR count). The number of aliphatic imine (C=N–C) groups is 1. The van der Waals surface area contributed by atoms with Crippen molar-refractivity contribution >= 4 is 18.7 Å². The Morgan fingerprint density at radius 2 is 2.10 bits per heavy atom. The van der Waals surface area contributed by atoms with Crippen LogP contribution in [0.2, 0.25) is 0 Å². The number of benzene rings is 1. The van der Waals surface area contributed by atoms with Crippen molar-refractivity contribution < 1.29 is 28.2 Å². The summed E-state index contributed by atoms with van der Waals surface area (Å²) in [4.78, 5) is 28.3. The summed E-state index contributed by atoms with van der Waals surface area (Å²) in [6.07, 6.45) is 0.740. The van der Waals surface area contributed by atoms with Crippen molar-refractivity contribution in [3.63, 3.8) is 0 Å². The first-order valence-electron chi connectivity index (χ1n) is 9.27. The number of alkyl carbamates (subject to hydrolysis) is 1. The lowest BCUT2D eigenvalue weighted by Crippen LogP contribution is -2.51. The second-order valence-electron chi connectivity index (χ2n) is 6.43. The minimum Gasteiger partial charge on any atom is -0.491 e. The van der Waals surface area contributed by atoms with Crippen LogP contribution in [0.3, 0.4) is 0 Å². The first kappa shape index (κ1) is 22.4. The molecule has 1 aromatic carbocycles. The predicted molar refractivity (Wildman–Crippen MR) is 106 cm³/mol. The molecular weight excluding hydrogens is 381 g/mol. The molecule has 1 N–H and O–H groups in total. The summed E-state index contributed by atoms with van der Waals surface area (Å²) >= 11 is 0. The molecule has 0 unspecified atom stereocenters. The molecular formula is C20H26FN3O5. The van der Waals surface area contributed by atoms with Crippen LogP contribution in [0.25, 0.3) is 0 Å². The number of nitrogens with one attached hydrogen (secondary N) is 1. The maximum Gasteiger partial charge on any atom is 0.407 e. The third-order valence-corrected chi connectivity index (χ3v) is 4.21. The summed E-state index contributed by atoms with van der Waals surface area (Å²) in [7, 11) is 0. The van der Waals surface area contributed by atoms with Crippen LogP contribution in [0.4, 0.5) is 9.18 Å². The van der Waals surface area contributed by atoms with E-state index in [1.165, 1.54) is 18.2 Å². The minimum absolute atomic E-state index is 0.113. The Morgan fingerprint density at radius 1 is 1.31 bits per heavy atom. The summed E-state index contributed by atoms with van der Waals surface area (Å²) in [6.45, 7) is 9.67. The van der Waals surface area contributed by atoms with Gasteiger partial charge in [0, 0.05) is 37.2 Å². The lowest BCUT2D eigenvalue weighted by molar-refractivity contribution is -0.132. The zero-order chi connectivity index (χ0) is 21.1. The Balaban J connectivity index is 1.49. The van der Waals surface area contributed by atoms with Crippen LogP contribution in [-0.4, -0.2) is 69.7 Å². The average Bonchev–Trinajstić information content (AvgIpc) is 2.67. The first-order valence-corrected chi connectivity index (χ1v) is 9.27. The average molecular weight is 407 g/mol. The van der Waals surface area contributed by atoms with E-state index in [0.717, 1.165) is 5.56 Å². The van der Waals surface area contributed by atoms with Gasteiger partial charge in [-0.1, -0.05) is 12.6 Å². The molecule has 0 aliphatic carbocycles. The molecule has 1 saturated heterocycles. The Kier molecular flexibility index (Phi) is 9.10. The van der Waals surface area contributed by atoms with Crippen molar-refractivity contribution in [1.82, 2.24) is 10.2 Å². The van der Waals surface area contributed by atoms with Crippen LogP contribution in [0, 0.1) is 11.7 Å². The Labute approximate surface area is 169 Å². The fourth-order valence-corrected chi connectivity index (χ4v) is 2.68. The van der Waals surface area contributed by atoms with Gasteiger partial charge in [-0.05, 0) is 18.9 Å². The highest BCUT2D eigenvalue weighted by molar-refractivity contribution is 5.87. The van der Waals surface area contributed by atoms with E-state index in [0.29, 0.717) is 25.4 Å². The molecule has 0 radical (unpaired) electrons. The van der Waals surface area contributed by atoms with E-state index in [2.05, 4.69) is 23.6 Å². The van der Waals surface area contributed by atoms with E-state index in [9.17, 15) is 14.0 Å². The number of nitrogens with zero attached hydrogens (tertiary/aromatic N) is 2. The van der Waals surface area contributed by atoms with E-state index in [1.54, 1.807) is 11.0 Å². The molecule has 0 aromatic heterocycles. The van der Waals surface area contributed by atoms with Gasteiger partial charge in [0.05, 0.1) is 26.4 Å². The SMILES string of the molecule is C=CC(=O)N1CC(COC(=O)NCCOCCOc2cc(F)ccc2CN=C)C1. The second-order valence-corrected chi connectivity index (χ2v) is 6.43. The number of halogens is 1. The topological polar surface area (TPSA) is 89.5 Å². The summed E-state index contributed by atoms with van der Waals surface area (Å²) in [5.41, 5.74) is 0.745. The largest absolute Gasteiger partial charge is 0.491 e. The summed E-state index contributed by atoms with van der Waals surface area (Å²) < 4.78 is 29.3. The van der Waals surface area contributed by atoms with Gasteiger partial charge >= 0.3 is 6.09 Å². The number of rotatable bonds is 12. The zero-order valence-electron chi connectivity index (χ0n) is 16.3. The highest BCUT2D eigenvalue weighted by Gasteiger charge is 2.30. The lowest BCUT2D eigenvalue weighted by atomic mass is 10.0. The van der Waals surface area contributed by atoms with Gasteiger partial charge in [-0.25, -0.2) is 9.18 Å². The van der Waals surface area contributed by atoms with Crippen LogP contribution < -0.4 is 10.1 Å².